The van der Waals surface area contributed by atoms with Gasteiger partial charge in [-0.05, 0) is 11.6 Å². The van der Waals surface area contributed by atoms with Crippen LogP contribution in [0.25, 0.3) is 10.9 Å². The van der Waals surface area contributed by atoms with Gasteiger partial charge in [-0.15, -0.1) is 0 Å². The van der Waals surface area contributed by atoms with Crippen molar-refractivity contribution in [3.63, 3.8) is 0 Å². The van der Waals surface area contributed by atoms with E-state index in [-0.39, 0.29) is 5.91 Å². The molecule has 2 N–H and O–H groups in total. The standard InChI is InChI=1S/C11H11N2O/c1-12-11(14)6-8-7-13-10-5-3-2-4-9(8)10/h2-5,7,13H,1,6H2,(H,12,14). The fourth-order valence-corrected chi connectivity index (χ4v) is 1.51. The summed E-state index contributed by atoms with van der Waals surface area (Å²) in [4.78, 5) is 14.3. The van der Waals surface area contributed by atoms with E-state index in [0.717, 1.165) is 16.5 Å². The molecule has 0 atom stereocenters. The Morgan fingerprint density at radius 3 is 3.00 bits per heavy atom. The molecule has 1 heterocycles. The molecule has 0 spiro atoms. The summed E-state index contributed by atoms with van der Waals surface area (Å²) < 4.78 is 0. The molecule has 3 heteroatoms. The van der Waals surface area contributed by atoms with Crippen LogP contribution in [0.3, 0.4) is 0 Å². The first kappa shape index (κ1) is 8.81. The Bertz CT molecular complexity index is 459. The zero-order valence-corrected chi connectivity index (χ0v) is 7.71. The molecule has 0 aliphatic carbocycles. The van der Waals surface area contributed by atoms with E-state index in [9.17, 15) is 4.79 Å². The van der Waals surface area contributed by atoms with Crippen molar-refractivity contribution < 1.29 is 4.79 Å². The topological polar surface area (TPSA) is 44.9 Å². The van der Waals surface area contributed by atoms with Gasteiger partial charge in [0.1, 0.15) is 0 Å². The maximum Gasteiger partial charge on any atom is 0.224 e. The van der Waals surface area contributed by atoms with E-state index < -0.39 is 0 Å². The van der Waals surface area contributed by atoms with Crippen LogP contribution in [0.4, 0.5) is 0 Å². The maximum atomic E-state index is 11.1. The van der Waals surface area contributed by atoms with E-state index >= 15 is 0 Å². The molecule has 71 valence electrons. The highest BCUT2D eigenvalue weighted by Gasteiger charge is 2.06. The minimum Gasteiger partial charge on any atom is -0.361 e. The molecule has 0 aliphatic rings. The second-order valence-corrected chi connectivity index (χ2v) is 3.14. The molecule has 0 fully saturated rings. The van der Waals surface area contributed by atoms with E-state index in [1.165, 1.54) is 0 Å². The Labute approximate surface area is 82.1 Å². The van der Waals surface area contributed by atoms with Crippen molar-refractivity contribution in [3.05, 3.63) is 43.1 Å². The number of hydrogen-bond donors (Lipinski definition) is 2. The highest BCUT2D eigenvalue weighted by Crippen LogP contribution is 2.17. The molecule has 0 unspecified atom stereocenters. The summed E-state index contributed by atoms with van der Waals surface area (Å²) in [6.07, 6.45) is 2.23. The fourth-order valence-electron chi connectivity index (χ4n) is 1.51. The number of amides is 1. The van der Waals surface area contributed by atoms with Crippen LogP contribution in [-0.2, 0) is 11.2 Å². The Balaban J connectivity index is 2.38. The summed E-state index contributed by atoms with van der Waals surface area (Å²) in [5.41, 5.74) is 2.06. The summed E-state index contributed by atoms with van der Waals surface area (Å²) in [5, 5.41) is 3.46. The van der Waals surface area contributed by atoms with E-state index in [1.807, 2.05) is 30.5 Å². The highest BCUT2D eigenvalue weighted by atomic mass is 16.1. The SMILES string of the molecule is [CH2]NC(=O)Cc1c[nH]c2ccccc12. The first-order valence-corrected chi connectivity index (χ1v) is 4.42. The highest BCUT2D eigenvalue weighted by molar-refractivity contribution is 5.88. The Kier molecular flexibility index (Phi) is 2.23. The van der Waals surface area contributed by atoms with Crippen molar-refractivity contribution in [2.24, 2.45) is 0 Å². The van der Waals surface area contributed by atoms with Crippen LogP contribution in [0.5, 0.6) is 0 Å². The van der Waals surface area contributed by atoms with Crippen molar-refractivity contribution >= 4 is 16.8 Å². The maximum absolute atomic E-state index is 11.1. The Hall–Kier alpha value is -1.77. The van der Waals surface area contributed by atoms with Crippen LogP contribution in [-0.4, -0.2) is 10.9 Å². The Morgan fingerprint density at radius 2 is 2.21 bits per heavy atom. The van der Waals surface area contributed by atoms with Gasteiger partial charge < -0.3 is 10.3 Å². The van der Waals surface area contributed by atoms with Crippen LogP contribution in [0.1, 0.15) is 5.56 Å². The lowest BCUT2D eigenvalue weighted by Crippen LogP contribution is -2.17. The van der Waals surface area contributed by atoms with Crippen molar-refractivity contribution in [1.29, 1.82) is 0 Å². The van der Waals surface area contributed by atoms with Crippen LogP contribution in [0.2, 0.25) is 0 Å². The summed E-state index contributed by atoms with van der Waals surface area (Å²) in [5.74, 6) is -0.0743. The number of carbonyl (C=O) groups excluding carboxylic acids is 1. The van der Waals surface area contributed by atoms with Gasteiger partial charge in [0.15, 0.2) is 0 Å². The number of rotatable bonds is 2. The number of aromatic nitrogens is 1. The molecular weight excluding hydrogens is 176 g/mol. The zero-order valence-electron chi connectivity index (χ0n) is 7.71. The molecule has 0 aliphatic heterocycles. The third kappa shape index (κ3) is 1.48. The number of hydrogen-bond acceptors (Lipinski definition) is 1. The summed E-state index contributed by atoms with van der Waals surface area (Å²) in [6, 6.07) is 7.91. The van der Waals surface area contributed by atoms with Gasteiger partial charge in [-0.2, -0.15) is 0 Å². The molecule has 2 rings (SSSR count). The molecule has 1 amide bonds. The lowest BCUT2D eigenvalue weighted by atomic mass is 10.1. The number of para-hydroxylation sites is 1. The third-order valence-corrected chi connectivity index (χ3v) is 2.22. The third-order valence-electron chi connectivity index (χ3n) is 2.22. The normalized spacial score (nSPS) is 10.4. The van der Waals surface area contributed by atoms with Gasteiger partial charge in [0.05, 0.1) is 6.42 Å². The molecule has 0 saturated heterocycles. The monoisotopic (exact) mass is 187 g/mol. The minimum absolute atomic E-state index is 0.0743. The molecule has 3 nitrogen and oxygen atoms in total. The second kappa shape index (κ2) is 3.54. The van der Waals surface area contributed by atoms with E-state index in [4.69, 9.17) is 0 Å². The van der Waals surface area contributed by atoms with Gasteiger partial charge in [-0.25, -0.2) is 0 Å². The minimum atomic E-state index is -0.0743. The number of aromatic amines is 1. The van der Waals surface area contributed by atoms with E-state index in [2.05, 4.69) is 17.3 Å². The predicted octanol–water partition coefficient (Wildman–Crippen LogP) is 1.62. The zero-order chi connectivity index (χ0) is 9.97. The quantitative estimate of drug-likeness (QED) is 0.737. The molecule has 1 aromatic carbocycles. The van der Waals surface area contributed by atoms with Gasteiger partial charge in [0.2, 0.25) is 5.91 Å². The molecule has 1 radical (unpaired) electrons. The predicted molar refractivity (Wildman–Crippen MR) is 55.5 cm³/mol. The van der Waals surface area contributed by atoms with Crippen LogP contribution in [0.15, 0.2) is 30.5 Å². The molecule has 2 aromatic rings. The van der Waals surface area contributed by atoms with Crippen LogP contribution >= 0.6 is 0 Å². The lowest BCUT2D eigenvalue weighted by Gasteiger charge is -1.97. The smallest absolute Gasteiger partial charge is 0.224 e. The van der Waals surface area contributed by atoms with E-state index in [1.54, 1.807) is 0 Å². The number of fused-ring (bicyclic) bond motifs is 1. The van der Waals surface area contributed by atoms with Gasteiger partial charge in [-0.1, -0.05) is 18.2 Å². The fraction of sp³-hybridized carbons (Fsp3) is 0.0909. The van der Waals surface area contributed by atoms with Crippen LogP contribution in [0, 0.1) is 7.05 Å². The summed E-state index contributed by atoms with van der Waals surface area (Å²) in [6.45, 7) is 0. The average Bonchev–Trinajstić information content (AvgIpc) is 2.62. The van der Waals surface area contributed by atoms with Crippen molar-refractivity contribution in [2.45, 2.75) is 6.42 Å². The van der Waals surface area contributed by atoms with Gasteiger partial charge in [0, 0.05) is 24.1 Å². The Morgan fingerprint density at radius 1 is 1.43 bits per heavy atom. The molecule has 14 heavy (non-hydrogen) atoms. The van der Waals surface area contributed by atoms with Crippen molar-refractivity contribution in [2.75, 3.05) is 0 Å². The number of nitrogens with one attached hydrogen (secondary N) is 2. The second-order valence-electron chi connectivity index (χ2n) is 3.14. The first-order valence-electron chi connectivity index (χ1n) is 4.42. The number of carbonyl (C=O) groups is 1. The summed E-state index contributed by atoms with van der Waals surface area (Å²) >= 11 is 0. The molecule has 1 aromatic heterocycles. The molecule has 0 bridgehead atoms. The largest absolute Gasteiger partial charge is 0.361 e. The van der Waals surface area contributed by atoms with Gasteiger partial charge in [0.25, 0.3) is 0 Å². The molecular formula is C11H11N2O. The number of H-pyrrole nitrogens is 1. The average molecular weight is 187 g/mol. The van der Waals surface area contributed by atoms with Crippen LogP contribution < -0.4 is 5.32 Å². The van der Waals surface area contributed by atoms with Crippen molar-refractivity contribution in [1.82, 2.24) is 10.3 Å². The molecule has 0 saturated carbocycles. The number of benzene rings is 1. The van der Waals surface area contributed by atoms with E-state index in [0.29, 0.717) is 6.42 Å². The first-order chi connectivity index (χ1) is 6.81. The lowest BCUT2D eigenvalue weighted by molar-refractivity contribution is -0.119. The van der Waals surface area contributed by atoms with Gasteiger partial charge >= 0.3 is 0 Å². The summed E-state index contributed by atoms with van der Waals surface area (Å²) in [7, 11) is 3.34. The van der Waals surface area contributed by atoms with Gasteiger partial charge in [-0.3, -0.25) is 4.79 Å². The van der Waals surface area contributed by atoms with Crippen molar-refractivity contribution in [3.8, 4) is 0 Å².